The maximum absolute atomic E-state index is 11.0. The zero-order valence-electron chi connectivity index (χ0n) is 7.55. The van der Waals surface area contributed by atoms with Crippen LogP contribution in [0.25, 0.3) is 0 Å². The molecule has 0 fully saturated rings. The molecule has 0 atom stereocenters. The average Bonchev–Trinajstić information content (AvgIpc) is 2.02. The molecule has 13 heavy (non-hydrogen) atoms. The lowest BCUT2D eigenvalue weighted by atomic mass is 10.5. The first-order chi connectivity index (χ1) is 5.93. The minimum atomic E-state index is -4.28. The van der Waals surface area contributed by atoms with E-state index < -0.39 is 14.2 Å². The molecule has 0 unspecified atom stereocenters. The van der Waals surface area contributed by atoms with Crippen molar-refractivity contribution in [2.45, 2.75) is 6.92 Å². The molecule has 0 spiro atoms. The Morgan fingerprint density at radius 1 is 1.15 bits per heavy atom. The Hall–Kier alpha value is -0.210. The van der Waals surface area contributed by atoms with Crippen LogP contribution in [0.4, 0.5) is 0 Å². The van der Waals surface area contributed by atoms with Gasteiger partial charge in [-0.3, -0.25) is 0 Å². The number of hydrogen-bond donors (Lipinski definition) is 3. The van der Waals surface area contributed by atoms with Gasteiger partial charge >= 0.3 is 10.3 Å². The molecule has 0 amide bonds. The molecule has 6 nitrogen and oxygen atoms in total. The van der Waals surface area contributed by atoms with Crippen molar-refractivity contribution in [3.05, 3.63) is 0 Å². The Morgan fingerprint density at radius 3 is 1.69 bits per heavy atom. The molecule has 0 radical (unpaired) electrons. The first-order valence-corrected chi connectivity index (χ1v) is 5.38. The van der Waals surface area contributed by atoms with Gasteiger partial charge in [0.25, 0.3) is 0 Å². The molecule has 0 bridgehead atoms. The van der Waals surface area contributed by atoms with E-state index in [1.165, 1.54) is 0 Å². The summed E-state index contributed by atoms with van der Waals surface area (Å²) in [6.45, 7) is 0.742. The predicted molar refractivity (Wildman–Crippen MR) is 46.3 cm³/mol. The predicted octanol–water partition coefficient (Wildman–Crippen LogP) is -1.39. The first-order valence-electron chi connectivity index (χ1n) is 3.99. The minimum Gasteiger partial charge on any atom is -0.390 e. The summed E-state index contributed by atoms with van der Waals surface area (Å²) in [5, 5.41) is 17.3. The molecule has 80 valence electrons. The highest BCUT2D eigenvalue weighted by atomic mass is 32.2. The lowest BCUT2D eigenvalue weighted by molar-refractivity contribution is -0.810. The Bertz CT molecular complexity index is 231. The van der Waals surface area contributed by atoms with E-state index in [1.807, 2.05) is 0 Å². The van der Waals surface area contributed by atoms with E-state index in [2.05, 4.69) is 0 Å². The van der Waals surface area contributed by atoms with Gasteiger partial charge in [0.1, 0.15) is 13.1 Å². The molecular weight excluding hydrogens is 198 g/mol. The van der Waals surface area contributed by atoms with Gasteiger partial charge in [0.05, 0.1) is 19.8 Å². The van der Waals surface area contributed by atoms with Gasteiger partial charge in [0.15, 0.2) is 0 Å². The molecule has 0 heterocycles. The topological polar surface area (TPSA) is 94.8 Å². The van der Waals surface area contributed by atoms with Crippen molar-refractivity contribution in [3.63, 3.8) is 0 Å². The largest absolute Gasteiger partial charge is 0.433 e. The highest BCUT2D eigenvalue weighted by Crippen LogP contribution is 2.12. The number of rotatable bonds is 6. The van der Waals surface area contributed by atoms with Gasteiger partial charge in [0, 0.05) is 0 Å². The Morgan fingerprint density at radius 2 is 1.54 bits per heavy atom. The molecule has 0 aromatic heterocycles. The van der Waals surface area contributed by atoms with Crippen LogP contribution in [0.3, 0.4) is 0 Å². The summed E-state index contributed by atoms with van der Waals surface area (Å²) in [6, 6.07) is 0. The Kier molecular flexibility index (Phi) is 4.79. The average molecular weight is 214 g/mol. The van der Waals surface area contributed by atoms with Crippen molar-refractivity contribution < 1.29 is 27.1 Å². The Labute approximate surface area is 77.9 Å². The third kappa shape index (κ3) is 2.89. The van der Waals surface area contributed by atoms with Crippen molar-refractivity contribution in [2.24, 2.45) is 0 Å². The molecule has 7 heteroatoms. The molecule has 0 aromatic rings. The molecule has 0 aromatic carbocycles. The fourth-order valence-electron chi connectivity index (χ4n) is 1.19. The van der Waals surface area contributed by atoms with Crippen molar-refractivity contribution >= 4 is 10.3 Å². The third-order valence-electron chi connectivity index (χ3n) is 2.08. The van der Waals surface area contributed by atoms with E-state index in [0.717, 1.165) is 0 Å². The standard InChI is InChI=1S/C6H15NO5S/c1-2-7(3-5-8,4-6-9)13(10,11)12/h8-9H,2-6H2,1H3/p+1. The number of hydrogen-bond acceptors (Lipinski definition) is 4. The second-order valence-corrected chi connectivity index (χ2v) is 4.39. The molecular formula is C6H16NO5S+. The lowest BCUT2D eigenvalue weighted by Crippen LogP contribution is -2.55. The molecule has 0 rings (SSSR count). The van der Waals surface area contributed by atoms with Crippen molar-refractivity contribution in [3.8, 4) is 0 Å². The minimum absolute atomic E-state index is 0.111. The maximum atomic E-state index is 11.0. The van der Waals surface area contributed by atoms with Crippen LogP contribution in [0.5, 0.6) is 0 Å². The summed E-state index contributed by atoms with van der Waals surface area (Å²) in [7, 11) is -4.28. The maximum Gasteiger partial charge on any atom is 0.433 e. The van der Waals surface area contributed by atoms with Crippen LogP contribution in [-0.2, 0) is 10.3 Å². The zero-order valence-corrected chi connectivity index (χ0v) is 8.37. The summed E-state index contributed by atoms with van der Waals surface area (Å²) >= 11 is 0. The van der Waals surface area contributed by atoms with Gasteiger partial charge in [-0.1, -0.05) is 0 Å². The number of nitrogens with zero attached hydrogens (tertiary/aromatic N) is 1. The van der Waals surface area contributed by atoms with Crippen LogP contribution in [0, 0.1) is 0 Å². The van der Waals surface area contributed by atoms with E-state index in [9.17, 15) is 8.42 Å². The van der Waals surface area contributed by atoms with E-state index in [0.29, 0.717) is 0 Å². The summed E-state index contributed by atoms with van der Waals surface area (Å²) in [5.41, 5.74) is 0. The molecule has 0 aliphatic heterocycles. The van der Waals surface area contributed by atoms with Crippen LogP contribution in [0.1, 0.15) is 6.92 Å². The van der Waals surface area contributed by atoms with Gasteiger partial charge in [-0.15, -0.1) is 8.42 Å². The summed E-state index contributed by atoms with van der Waals surface area (Å²) in [5.74, 6) is 0. The van der Waals surface area contributed by atoms with Gasteiger partial charge in [-0.05, 0) is 6.92 Å². The second-order valence-electron chi connectivity index (χ2n) is 2.72. The van der Waals surface area contributed by atoms with E-state index in [-0.39, 0.29) is 32.8 Å². The van der Waals surface area contributed by atoms with Crippen LogP contribution in [-0.4, -0.2) is 59.9 Å². The monoisotopic (exact) mass is 214 g/mol. The fraction of sp³-hybridized carbons (Fsp3) is 1.00. The molecule has 0 aliphatic rings. The summed E-state index contributed by atoms with van der Waals surface area (Å²) < 4.78 is 30.2. The molecule has 0 saturated heterocycles. The molecule has 3 N–H and O–H groups in total. The summed E-state index contributed by atoms with van der Waals surface area (Å²) in [6.07, 6.45) is 0. The lowest BCUT2D eigenvalue weighted by Gasteiger charge is -2.31. The zero-order chi connectivity index (χ0) is 10.5. The number of likely N-dealkylation sites (N-methyl/N-ethyl adjacent to an activating group) is 1. The molecule has 0 saturated carbocycles. The number of quaternary nitrogens is 1. The normalized spacial score (nSPS) is 13.2. The van der Waals surface area contributed by atoms with E-state index >= 15 is 0 Å². The van der Waals surface area contributed by atoms with Crippen molar-refractivity contribution in [1.82, 2.24) is 0 Å². The highest BCUT2D eigenvalue weighted by molar-refractivity contribution is 7.80. The number of aliphatic hydroxyl groups excluding tert-OH is 2. The van der Waals surface area contributed by atoms with Crippen LogP contribution in [0.2, 0.25) is 0 Å². The van der Waals surface area contributed by atoms with E-state index in [4.69, 9.17) is 14.8 Å². The fourth-order valence-corrected chi connectivity index (χ4v) is 2.14. The highest BCUT2D eigenvalue weighted by Gasteiger charge is 2.38. The van der Waals surface area contributed by atoms with Crippen molar-refractivity contribution in [1.29, 1.82) is 0 Å². The van der Waals surface area contributed by atoms with E-state index in [1.54, 1.807) is 6.92 Å². The Balaban J connectivity index is 4.86. The van der Waals surface area contributed by atoms with Gasteiger partial charge in [-0.25, -0.2) is 4.55 Å². The van der Waals surface area contributed by atoms with Crippen LogP contribution in [0.15, 0.2) is 0 Å². The van der Waals surface area contributed by atoms with Crippen molar-refractivity contribution in [2.75, 3.05) is 32.8 Å². The second kappa shape index (κ2) is 4.87. The molecule has 0 aliphatic carbocycles. The van der Waals surface area contributed by atoms with Gasteiger partial charge < -0.3 is 10.2 Å². The van der Waals surface area contributed by atoms with Gasteiger partial charge in [0.2, 0.25) is 0 Å². The third-order valence-corrected chi connectivity index (χ3v) is 3.68. The van der Waals surface area contributed by atoms with Crippen LogP contribution >= 0.6 is 0 Å². The SMILES string of the molecule is CC[N+](CCO)(CCO)S(=O)(=O)O. The smallest absolute Gasteiger partial charge is 0.390 e. The summed E-state index contributed by atoms with van der Waals surface area (Å²) in [4.78, 5) is 0. The quantitative estimate of drug-likeness (QED) is 0.374. The first kappa shape index (κ1) is 12.8. The van der Waals surface area contributed by atoms with Gasteiger partial charge in [-0.2, -0.15) is 3.89 Å². The number of aliphatic hydroxyl groups is 2. The van der Waals surface area contributed by atoms with Crippen LogP contribution < -0.4 is 0 Å².